The summed E-state index contributed by atoms with van der Waals surface area (Å²) in [5, 5.41) is 0. The summed E-state index contributed by atoms with van der Waals surface area (Å²) in [5.41, 5.74) is 8.31. The van der Waals surface area contributed by atoms with Crippen molar-refractivity contribution in [2.45, 2.75) is 105 Å². The van der Waals surface area contributed by atoms with Gasteiger partial charge in [-0.3, -0.25) is 0 Å². The van der Waals surface area contributed by atoms with E-state index in [2.05, 4.69) is 144 Å². The molecule has 4 aromatic rings. The first-order valence-electron chi connectivity index (χ1n) is 14.6. The van der Waals surface area contributed by atoms with Gasteiger partial charge in [-0.2, -0.15) is 0 Å². The monoisotopic (exact) mass is 741 g/mol. The molecule has 0 aliphatic rings. The van der Waals surface area contributed by atoms with Crippen molar-refractivity contribution in [2.75, 3.05) is 0 Å². The molecule has 3 nitrogen and oxygen atoms in total. The third-order valence-electron chi connectivity index (χ3n) is 7.44. The predicted octanol–water partition coefficient (Wildman–Crippen LogP) is 10.4. The summed E-state index contributed by atoms with van der Waals surface area (Å²) < 4.78 is 6.60. The van der Waals surface area contributed by atoms with Gasteiger partial charge in [-0.15, -0.1) is 34.4 Å². The zero-order chi connectivity index (χ0) is 30.4. The van der Waals surface area contributed by atoms with Crippen molar-refractivity contribution in [1.29, 1.82) is 0 Å². The molecular weight excluding hydrogens is 696 g/mol. The molecule has 0 aliphatic heterocycles. The van der Waals surface area contributed by atoms with Crippen LogP contribution in [0.4, 0.5) is 0 Å². The normalized spacial score (nSPS) is 12.6. The van der Waals surface area contributed by atoms with Crippen LogP contribution in [-0.4, -0.2) is 9.97 Å². The number of pyridine rings is 2. The Balaban J connectivity index is 0.00000484. The topological polar surface area (TPSA) is 35.0 Å². The Morgan fingerprint density at radius 3 is 1.12 bits per heavy atom. The minimum absolute atomic E-state index is 0. The van der Waals surface area contributed by atoms with E-state index in [1.54, 1.807) is 0 Å². The summed E-state index contributed by atoms with van der Waals surface area (Å²) in [6.07, 6.45) is 3.78. The fourth-order valence-corrected chi connectivity index (χ4v) is 4.55. The Bertz CT molecular complexity index is 1430. The first kappa shape index (κ1) is 33.7. The van der Waals surface area contributed by atoms with Gasteiger partial charge in [0.2, 0.25) is 0 Å². The van der Waals surface area contributed by atoms with Crippen LogP contribution < -0.4 is 4.74 Å². The van der Waals surface area contributed by atoms with E-state index in [0.717, 1.165) is 33.6 Å². The summed E-state index contributed by atoms with van der Waals surface area (Å²) in [6, 6.07) is 24.1. The third kappa shape index (κ3) is 8.19. The van der Waals surface area contributed by atoms with Crippen molar-refractivity contribution >= 4 is 0 Å². The van der Waals surface area contributed by atoms with Crippen LogP contribution in [0.5, 0.6) is 11.5 Å². The van der Waals surface area contributed by atoms with Gasteiger partial charge in [0.05, 0.1) is 0 Å². The summed E-state index contributed by atoms with van der Waals surface area (Å²) >= 11 is 0. The minimum Gasteiger partial charge on any atom is -0.497 e. The molecule has 0 fully saturated rings. The standard InChI is InChI=1S/C38H46N2O.Pt/c1-35(2,3)27-13-15-39-33(23-27)25-17-29(37(7,8)9)21-31(19-25)41-32-20-26(18-30(22-32)38(10,11)12)34-24-28(14-16-40-34)36(4,5)6;/h13-18,21-24H,1-12H3;/q-2;+2. The van der Waals surface area contributed by atoms with Gasteiger partial charge < -0.3 is 14.7 Å². The summed E-state index contributed by atoms with van der Waals surface area (Å²) in [6.45, 7) is 26.6. The Morgan fingerprint density at radius 1 is 0.476 bits per heavy atom. The predicted molar refractivity (Wildman–Crippen MR) is 172 cm³/mol. The maximum atomic E-state index is 6.60. The largest absolute Gasteiger partial charge is 2.00 e. The van der Waals surface area contributed by atoms with Crippen molar-refractivity contribution in [3.05, 3.63) is 95.3 Å². The van der Waals surface area contributed by atoms with E-state index in [9.17, 15) is 0 Å². The molecule has 0 saturated heterocycles. The molecule has 0 atom stereocenters. The van der Waals surface area contributed by atoms with Crippen molar-refractivity contribution in [3.8, 4) is 34.0 Å². The number of nitrogens with zero attached hydrogens (tertiary/aromatic N) is 2. The van der Waals surface area contributed by atoms with Gasteiger partial charge in [-0.1, -0.05) is 119 Å². The Hall–Kier alpha value is -2.77. The van der Waals surface area contributed by atoms with Crippen molar-refractivity contribution in [3.63, 3.8) is 0 Å². The zero-order valence-electron chi connectivity index (χ0n) is 27.4. The van der Waals surface area contributed by atoms with E-state index < -0.39 is 0 Å². The fraction of sp³-hybridized carbons (Fsp3) is 0.421. The number of hydrogen-bond donors (Lipinski definition) is 0. The fourth-order valence-electron chi connectivity index (χ4n) is 4.55. The van der Waals surface area contributed by atoms with Gasteiger partial charge in [-0.25, -0.2) is 0 Å². The molecule has 0 N–H and O–H groups in total. The molecule has 2 heterocycles. The van der Waals surface area contributed by atoms with Crippen molar-refractivity contribution in [1.82, 2.24) is 9.97 Å². The molecule has 0 saturated carbocycles. The van der Waals surface area contributed by atoms with E-state index in [1.165, 1.54) is 11.1 Å². The smallest absolute Gasteiger partial charge is 0.497 e. The second-order valence-electron chi connectivity index (χ2n) is 15.3. The van der Waals surface area contributed by atoms with Gasteiger partial charge in [0, 0.05) is 23.9 Å². The molecule has 0 spiro atoms. The van der Waals surface area contributed by atoms with Crippen LogP contribution >= 0.6 is 0 Å². The van der Waals surface area contributed by atoms with E-state index >= 15 is 0 Å². The quantitative estimate of drug-likeness (QED) is 0.195. The van der Waals surface area contributed by atoms with Crippen LogP contribution in [0.15, 0.2) is 60.9 Å². The Morgan fingerprint density at radius 2 is 0.810 bits per heavy atom. The Kier molecular flexibility index (Phi) is 9.70. The second kappa shape index (κ2) is 12.1. The van der Waals surface area contributed by atoms with Crippen molar-refractivity contribution in [2.24, 2.45) is 0 Å². The van der Waals surface area contributed by atoms with Crippen molar-refractivity contribution < 1.29 is 25.8 Å². The molecule has 224 valence electrons. The van der Waals surface area contributed by atoms with E-state index in [-0.39, 0.29) is 42.7 Å². The third-order valence-corrected chi connectivity index (χ3v) is 7.44. The van der Waals surface area contributed by atoms with Crippen LogP contribution in [0.1, 0.15) is 105 Å². The average Bonchev–Trinajstić information content (AvgIpc) is 2.86. The van der Waals surface area contributed by atoms with Crippen LogP contribution in [0, 0.1) is 12.1 Å². The molecule has 0 unspecified atom stereocenters. The number of rotatable bonds is 4. The van der Waals surface area contributed by atoms with Gasteiger partial charge in [0.1, 0.15) is 0 Å². The Labute approximate surface area is 268 Å². The van der Waals surface area contributed by atoms with E-state index in [1.807, 2.05) is 12.4 Å². The maximum absolute atomic E-state index is 6.60. The van der Waals surface area contributed by atoms with Crippen LogP contribution in [-0.2, 0) is 42.7 Å². The first-order valence-corrected chi connectivity index (χ1v) is 14.6. The molecule has 2 aromatic heterocycles. The molecule has 0 amide bonds. The summed E-state index contributed by atoms with van der Waals surface area (Å²) in [5.74, 6) is 1.31. The number of hydrogen-bond acceptors (Lipinski definition) is 3. The van der Waals surface area contributed by atoms with Crippen LogP contribution in [0.2, 0.25) is 0 Å². The van der Waals surface area contributed by atoms with Crippen LogP contribution in [0.3, 0.4) is 0 Å². The molecule has 0 bridgehead atoms. The second-order valence-corrected chi connectivity index (χ2v) is 15.3. The number of benzene rings is 2. The summed E-state index contributed by atoms with van der Waals surface area (Å²) in [7, 11) is 0. The molecule has 0 aliphatic carbocycles. The van der Waals surface area contributed by atoms with E-state index in [4.69, 9.17) is 14.7 Å². The van der Waals surface area contributed by atoms with Gasteiger partial charge >= 0.3 is 21.1 Å². The molecular formula is C38H46N2OPt. The number of ether oxygens (including phenoxy) is 1. The molecule has 0 radical (unpaired) electrons. The van der Waals surface area contributed by atoms with Gasteiger partial charge in [0.15, 0.2) is 0 Å². The SMILES string of the molecule is CC(C)(C)c1cc(Oc2[c-]c(-c3cc(C(C)(C)C)ccn3)cc(C(C)(C)C)c2)[c-]c(-c2cc(C(C)(C)C)ccn2)c1.[Pt+2]. The van der Waals surface area contributed by atoms with Gasteiger partial charge in [0.25, 0.3) is 0 Å². The summed E-state index contributed by atoms with van der Waals surface area (Å²) in [4.78, 5) is 9.44. The van der Waals surface area contributed by atoms with E-state index in [0.29, 0.717) is 11.5 Å². The van der Waals surface area contributed by atoms with Crippen LogP contribution in [0.25, 0.3) is 22.5 Å². The maximum Gasteiger partial charge on any atom is 2.00 e. The number of aromatic nitrogens is 2. The minimum atomic E-state index is -0.0803. The average molecular weight is 742 g/mol. The van der Waals surface area contributed by atoms with Gasteiger partial charge in [-0.05, 0) is 56.3 Å². The molecule has 42 heavy (non-hydrogen) atoms. The zero-order valence-corrected chi connectivity index (χ0v) is 29.7. The first-order chi connectivity index (χ1) is 18.8. The molecule has 4 heteroatoms. The molecule has 2 aromatic carbocycles. The molecule has 4 rings (SSSR count).